The molecule has 1 aliphatic heterocycles. The largest absolute Gasteiger partial charge is 0.463 e. The minimum atomic E-state index is -0.459. The average molecular weight is 232 g/mol. The zero-order valence-electron chi connectivity index (χ0n) is 9.40. The van der Waals surface area contributed by atoms with Crippen LogP contribution in [0.25, 0.3) is 6.08 Å². The number of amides is 1. The highest BCUT2D eigenvalue weighted by molar-refractivity contribution is 6.05. The molecule has 17 heavy (non-hydrogen) atoms. The number of hydrogen-bond donors (Lipinski definition) is 1. The molecule has 5 nitrogen and oxygen atoms in total. The Bertz CT molecular complexity index is 494. The van der Waals surface area contributed by atoms with Gasteiger partial charge in [-0.1, -0.05) is 0 Å². The maximum absolute atomic E-state index is 11.6. The third-order valence-electron chi connectivity index (χ3n) is 2.32. The molecule has 0 atom stereocenters. The molecule has 5 heteroatoms. The summed E-state index contributed by atoms with van der Waals surface area (Å²) in [6.45, 7) is 2.02. The van der Waals surface area contributed by atoms with E-state index in [2.05, 4.69) is 10.3 Å². The second-order valence-electron chi connectivity index (χ2n) is 3.56. The topological polar surface area (TPSA) is 68.3 Å². The van der Waals surface area contributed by atoms with E-state index in [1.807, 2.05) is 0 Å². The van der Waals surface area contributed by atoms with Crippen LogP contribution >= 0.6 is 0 Å². The number of aromatic nitrogens is 1. The van der Waals surface area contributed by atoms with Gasteiger partial charge in [-0.3, -0.25) is 4.79 Å². The molecule has 0 fully saturated rings. The van der Waals surface area contributed by atoms with Gasteiger partial charge < -0.3 is 10.1 Å². The lowest BCUT2D eigenvalue weighted by Gasteiger charge is -2.03. The van der Waals surface area contributed by atoms with Gasteiger partial charge in [0.1, 0.15) is 5.82 Å². The van der Waals surface area contributed by atoms with Crippen molar-refractivity contribution in [3.05, 3.63) is 29.5 Å². The molecule has 0 radical (unpaired) electrons. The highest BCUT2D eigenvalue weighted by Crippen LogP contribution is 2.22. The lowest BCUT2D eigenvalue weighted by atomic mass is 10.1. The van der Waals surface area contributed by atoms with Gasteiger partial charge in [-0.2, -0.15) is 0 Å². The summed E-state index contributed by atoms with van der Waals surface area (Å²) in [6.07, 6.45) is 3.23. The summed E-state index contributed by atoms with van der Waals surface area (Å²) < 4.78 is 4.89. The van der Waals surface area contributed by atoms with Gasteiger partial charge >= 0.3 is 5.97 Å². The van der Waals surface area contributed by atoms with Crippen LogP contribution in [0.1, 0.15) is 18.9 Å². The Balaban J connectivity index is 2.38. The Kier molecular flexibility index (Phi) is 3.18. The Hall–Kier alpha value is -2.17. The van der Waals surface area contributed by atoms with Crippen LogP contribution in [0.15, 0.2) is 23.9 Å². The highest BCUT2D eigenvalue weighted by Gasteiger charge is 2.20. The van der Waals surface area contributed by atoms with Crippen molar-refractivity contribution in [2.45, 2.75) is 13.3 Å². The number of fused-ring (bicyclic) bond motifs is 1. The van der Waals surface area contributed by atoms with Crippen molar-refractivity contribution in [2.24, 2.45) is 0 Å². The second-order valence-corrected chi connectivity index (χ2v) is 3.56. The number of pyridine rings is 1. The first kappa shape index (κ1) is 11.3. The van der Waals surface area contributed by atoms with Crippen LogP contribution in [0.2, 0.25) is 0 Å². The molecule has 1 aliphatic rings. The lowest BCUT2D eigenvalue weighted by Crippen LogP contribution is -2.15. The molecule has 88 valence electrons. The van der Waals surface area contributed by atoms with E-state index < -0.39 is 5.97 Å². The molecular formula is C12H12N2O3. The summed E-state index contributed by atoms with van der Waals surface area (Å²) in [5.74, 6) is -0.252. The fourth-order valence-corrected chi connectivity index (χ4v) is 1.58. The molecule has 0 aliphatic carbocycles. The average Bonchev–Trinajstić information content (AvgIpc) is 2.47. The number of carbonyl (C=O) groups excluding carboxylic acids is 2. The zero-order chi connectivity index (χ0) is 12.3. The summed E-state index contributed by atoms with van der Waals surface area (Å²) in [5, 5.41) is 2.64. The normalized spacial score (nSPS) is 14.2. The molecular weight excluding hydrogens is 220 g/mol. The van der Waals surface area contributed by atoms with Crippen LogP contribution in [0.3, 0.4) is 0 Å². The summed E-state index contributed by atoms with van der Waals surface area (Å²) in [7, 11) is 0. The first-order chi connectivity index (χ1) is 8.20. The van der Waals surface area contributed by atoms with Crippen molar-refractivity contribution in [1.82, 2.24) is 4.98 Å². The van der Waals surface area contributed by atoms with Crippen LogP contribution < -0.4 is 5.32 Å². The number of esters is 1. The second kappa shape index (κ2) is 4.78. The number of rotatable bonds is 2. The Morgan fingerprint density at radius 2 is 2.41 bits per heavy atom. The molecule has 0 saturated heterocycles. The maximum Gasteiger partial charge on any atom is 0.334 e. The van der Waals surface area contributed by atoms with Crippen molar-refractivity contribution >= 4 is 23.8 Å². The summed E-state index contributed by atoms with van der Waals surface area (Å²) in [4.78, 5) is 27.2. The summed E-state index contributed by atoms with van der Waals surface area (Å²) in [5.41, 5.74) is 1.05. The van der Waals surface area contributed by atoms with Crippen LogP contribution in [-0.2, 0) is 14.3 Å². The third kappa shape index (κ3) is 2.50. The monoisotopic (exact) mass is 232 g/mol. The Morgan fingerprint density at radius 3 is 3.18 bits per heavy atom. The zero-order valence-corrected chi connectivity index (χ0v) is 9.40. The van der Waals surface area contributed by atoms with Crippen LogP contribution in [0, 0.1) is 0 Å². The molecule has 0 saturated carbocycles. The van der Waals surface area contributed by atoms with E-state index in [-0.39, 0.29) is 18.9 Å². The van der Waals surface area contributed by atoms with Gasteiger partial charge in [0, 0.05) is 17.3 Å². The third-order valence-corrected chi connectivity index (χ3v) is 2.32. The van der Waals surface area contributed by atoms with Gasteiger partial charge in [0.25, 0.3) is 0 Å². The first-order valence-electron chi connectivity index (χ1n) is 5.33. The van der Waals surface area contributed by atoms with E-state index in [9.17, 15) is 9.59 Å². The fourth-order valence-electron chi connectivity index (χ4n) is 1.58. The molecule has 2 heterocycles. The minimum absolute atomic E-state index is 0.00912. The molecule has 0 bridgehead atoms. The Labute approximate surface area is 98.5 Å². The predicted molar refractivity (Wildman–Crippen MR) is 62.1 cm³/mol. The highest BCUT2D eigenvalue weighted by atomic mass is 16.5. The predicted octanol–water partition coefficient (Wildman–Crippen LogP) is 1.37. The molecule has 2 rings (SSSR count). The van der Waals surface area contributed by atoms with E-state index in [1.165, 1.54) is 0 Å². The Morgan fingerprint density at radius 1 is 1.59 bits per heavy atom. The van der Waals surface area contributed by atoms with Gasteiger partial charge in [-0.25, -0.2) is 9.78 Å². The number of ether oxygens (including phenoxy) is 1. The molecule has 1 aromatic rings. The van der Waals surface area contributed by atoms with Crippen molar-refractivity contribution in [1.29, 1.82) is 0 Å². The molecule has 1 aromatic heterocycles. The van der Waals surface area contributed by atoms with Crippen LogP contribution in [0.4, 0.5) is 5.82 Å². The lowest BCUT2D eigenvalue weighted by molar-refractivity contribution is -0.139. The number of anilines is 1. The van der Waals surface area contributed by atoms with Crippen molar-refractivity contribution < 1.29 is 14.3 Å². The maximum atomic E-state index is 11.6. The fraction of sp³-hybridized carbons (Fsp3) is 0.250. The van der Waals surface area contributed by atoms with E-state index in [0.717, 1.165) is 0 Å². The molecule has 0 spiro atoms. The first-order valence-corrected chi connectivity index (χ1v) is 5.33. The summed E-state index contributed by atoms with van der Waals surface area (Å²) in [6, 6.07) is 3.53. The molecule has 0 aromatic carbocycles. The minimum Gasteiger partial charge on any atom is -0.463 e. The van der Waals surface area contributed by atoms with Crippen molar-refractivity contribution in [2.75, 3.05) is 11.9 Å². The standard InChI is InChI=1S/C12H12N2O3/c1-2-17-12(16)9-6-8-4-3-5-13-11(8)14-10(15)7-9/h3-6H,2,7H2,1H3,(H,13,14,15). The van der Waals surface area contributed by atoms with E-state index in [1.54, 1.807) is 31.3 Å². The van der Waals surface area contributed by atoms with Gasteiger partial charge in [0.2, 0.25) is 5.91 Å². The van der Waals surface area contributed by atoms with Crippen LogP contribution in [-0.4, -0.2) is 23.5 Å². The van der Waals surface area contributed by atoms with Crippen molar-refractivity contribution in [3.63, 3.8) is 0 Å². The molecule has 1 amide bonds. The number of hydrogen-bond acceptors (Lipinski definition) is 4. The van der Waals surface area contributed by atoms with Gasteiger partial charge in [-0.05, 0) is 25.1 Å². The SMILES string of the molecule is CCOC(=O)C1=Cc2cccnc2NC(=O)C1. The van der Waals surface area contributed by atoms with E-state index in [0.29, 0.717) is 17.0 Å². The number of nitrogens with zero attached hydrogens (tertiary/aromatic N) is 1. The number of carbonyl (C=O) groups is 2. The van der Waals surface area contributed by atoms with Gasteiger partial charge in [0.05, 0.1) is 13.0 Å². The quantitative estimate of drug-likeness (QED) is 0.782. The van der Waals surface area contributed by atoms with Gasteiger partial charge in [0.15, 0.2) is 0 Å². The van der Waals surface area contributed by atoms with E-state index in [4.69, 9.17) is 4.74 Å². The van der Waals surface area contributed by atoms with E-state index >= 15 is 0 Å². The molecule has 1 N–H and O–H groups in total. The number of nitrogens with one attached hydrogen (secondary N) is 1. The van der Waals surface area contributed by atoms with Crippen LogP contribution in [0.5, 0.6) is 0 Å². The summed E-state index contributed by atoms with van der Waals surface area (Å²) >= 11 is 0. The van der Waals surface area contributed by atoms with Gasteiger partial charge in [-0.15, -0.1) is 0 Å². The van der Waals surface area contributed by atoms with Crippen molar-refractivity contribution in [3.8, 4) is 0 Å². The molecule has 0 unspecified atom stereocenters. The smallest absolute Gasteiger partial charge is 0.334 e.